The van der Waals surface area contributed by atoms with Gasteiger partial charge in [0.2, 0.25) is 0 Å². The molecule has 26 heavy (non-hydrogen) atoms. The smallest absolute Gasteiger partial charge is 0.118 e. The zero-order valence-electron chi connectivity index (χ0n) is 16.8. The highest BCUT2D eigenvalue weighted by molar-refractivity contribution is 5.75. The van der Waals surface area contributed by atoms with Crippen LogP contribution in [0.2, 0.25) is 0 Å². The first-order valence-corrected chi connectivity index (χ1v) is 10.8. The van der Waals surface area contributed by atoms with Gasteiger partial charge >= 0.3 is 0 Å². The average Bonchev–Trinajstić information content (AvgIpc) is 2.72. The van der Waals surface area contributed by atoms with Crippen LogP contribution in [-0.4, -0.2) is 7.11 Å². The average molecular weight is 353 g/mol. The van der Waals surface area contributed by atoms with E-state index in [0.29, 0.717) is 0 Å². The Balaban J connectivity index is 1.44. The van der Waals surface area contributed by atoms with Gasteiger partial charge in [-0.3, -0.25) is 0 Å². The predicted octanol–water partition coefficient (Wildman–Crippen LogP) is 7.43. The number of allylic oxidation sites excluding steroid dienone is 4. The molecule has 0 heterocycles. The van der Waals surface area contributed by atoms with Crippen LogP contribution in [0, 0.1) is 17.8 Å². The molecule has 0 amide bonds. The van der Waals surface area contributed by atoms with E-state index in [-0.39, 0.29) is 0 Å². The Morgan fingerprint density at radius 3 is 2.35 bits per heavy atom. The Labute approximate surface area is 160 Å². The van der Waals surface area contributed by atoms with Gasteiger partial charge in [-0.05, 0) is 60.3 Å². The lowest BCUT2D eigenvalue weighted by molar-refractivity contribution is 0.218. The Kier molecular flexibility index (Phi) is 7.41. The fourth-order valence-electron chi connectivity index (χ4n) is 4.75. The van der Waals surface area contributed by atoms with E-state index in [1.165, 1.54) is 75.3 Å². The molecular weight excluding hydrogens is 316 g/mol. The third-order valence-corrected chi connectivity index (χ3v) is 6.52. The van der Waals surface area contributed by atoms with E-state index in [9.17, 15) is 0 Å². The summed E-state index contributed by atoms with van der Waals surface area (Å²) in [6.07, 6.45) is 21.5. The molecule has 0 N–H and O–H groups in total. The fraction of sp³-hybridized carbons (Fsp3) is 0.600. The van der Waals surface area contributed by atoms with Gasteiger partial charge in [0.25, 0.3) is 0 Å². The van der Waals surface area contributed by atoms with Crippen LogP contribution in [0.25, 0.3) is 5.57 Å². The van der Waals surface area contributed by atoms with E-state index in [1.807, 2.05) is 0 Å². The molecule has 2 aliphatic carbocycles. The summed E-state index contributed by atoms with van der Waals surface area (Å²) < 4.78 is 5.26. The molecule has 1 saturated carbocycles. The monoisotopic (exact) mass is 352 g/mol. The second-order valence-corrected chi connectivity index (χ2v) is 8.28. The molecule has 0 spiro atoms. The van der Waals surface area contributed by atoms with E-state index in [4.69, 9.17) is 4.74 Å². The highest BCUT2D eigenvalue weighted by Crippen LogP contribution is 2.39. The van der Waals surface area contributed by atoms with Gasteiger partial charge in [0.1, 0.15) is 5.75 Å². The molecule has 0 saturated heterocycles. The maximum Gasteiger partial charge on any atom is 0.118 e. The molecule has 142 valence electrons. The number of benzene rings is 1. The first kappa shape index (κ1) is 19.3. The molecule has 3 rings (SSSR count). The molecule has 0 radical (unpaired) electrons. The number of hydrogen-bond donors (Lipinski definition) is 0. The third-order valence-electron chi connectivity index (χ3n) is 6.52. The summed E-state index contributed by atoms with van der Waals surface area (Å²) in [6.45, 7) is 2.30. The Morgan fingerprint density at radius 1 is 0.962 bits per heavy atom. The van der Waals surface area contributed by atoms with Crippen LogP contribution in [0.15, 0.2) is 42.5 Å². The molecule has 0 aromatic heterocycles. The fourth-order valence-corrected chi connectivity index (χ4v) is 4.75. The highest BCUT2D eigenvalue weighted by atomic mass is 16.5. The normalized spacial score (nSPS) is 25.8. The van der Waals surface area contributed by atoms with Gasteiger partial charge in [-0.2, -0.15) is 0 Å². The standard InChI is InChI=1S/C25H36O/c1-3-4-5-6-7-20-8-10-21(11-9-20)22-12-14-23(15-13-22)24-16-18-25(26-2)19-17-24/h12,14-22H,3-11,13H2,1-2H3/t20-,21-,22?. The summed E-state index contributed by atoms with van der Waals surface area (Å²) in [5, 5.41) is 0. The number of methoxy groups -OCH3 is 1. The van der Waals surface area contributed by atoms with Crippen molar-refractivity contribution in [3.63, 3.8) is 0 Å². The molecule has 0 aliphatic heterocycles. The zero-order chi connectivity index (χ0) is 18.2. The second-order valence-electron chi connectivity index (χ2n) is 8.28. The van der Waals surface area contributed by atoms with Gasteiger partial charge in [-0.1, -0.05) is 82.2 Å². The first-order valence-electron chi connectivity index (χ1n) is 10.8. The summed E-state index contributed by atoms with van der Waals surface area (Å²) in [5.74, 6) is 3.62. The van der Waals surface area contributed by atoms with Gasteiger partial charge < -0.3 is 4.74 Å². The second kappa shape index (κ2) is 10.00. The Hall–Kier alpha value is -1.50. The van der Waals surface area contributed by atoms with Crippen molar-refractivity contribution in [3.05, 3.63) is 48.1 Å². The van der Waals surface area contributed by atoms with Crippen molar-refractivity contribution < 1.29 is 4.74 Å². The minimum atomic E-state index is 0.762. The predicted molar refractivity (Wildman–Crippen MR) is 112 cm³/mol. The molecule has 0 bridgehead atoms. The van der Waals surface area contributed by atoms with Crippen molar-refractivity contribution >= 4 is 5.57 Å². The van der Waals surface area contributed by atoms with Crippen molar-refractivity contribution in [3.8, 4) is 5.75 Å². The van der Waals surface area contributed by atoms with Crippen LogP contribution >= 0.6 is 0 Å². The van der Waals surface area contributed by atoms with Crippen LogP contribution in [0.5, 0.6) is 5.75 Å². The number of rotatable bonds is 8. The van der Waals surface area contributed by atoms with Crippen LogP contribution in [0.3, 0.4) is 0 Å². The molecule has 1 atom stereocenters. The molecule has 1 aromatic carbocycles. The molecular formula is C25H36O. The zero-order valence-corrected chi connectivity index (χ0v) is 16.8. The molecule has 2 aliphatic rings. The maximum atomic E-state index is 5.26. The minimum Gasteiger partial charge on any atom is -0.497 e. The first-order chi connectivity index (χ1) is 12.8. The molecule has 1 fully saturated rings. The minimum absolute atomic E-state index is 0.762. The highest BCUT2D eigenvalue weighted by Gasteiger charge is 2.26. The van der Waals surface area contributed by atoms with E-state index in [1.54, 1.807) is 7.11 Å². The van der Waals surface area contributed by atoms with Crippen LogP contribution in [0.1, 0.15) is 76.7 Å². The van der Waals surface area contributed by atoms with E-state index >= 15 is 0 Å². The van der Waals surface area contributed by atoms with Crippen molar-refractivity contribution in [2.24, 2.45) is 17.8 Å². The van der Waals surface area contributed by atoms with Gasteiger partial charge in [-0.15, -0.1) is 0 Å². The van der Waals surface area contributed by atoms with Gasteiger partial charge in [0.05, 0.1) is 7.11 Å². The lowest BCUT2D eigenvalue weighted by Gasteiger charge is -2.33. The number of unbranched alkanes of at least 4 members (excludes halogenated alkanes) is 3. The van der Waals surface area contributed by atoms with Crippen LogP contribution < -0.4 is 4.74 Å². The van der Waals surface area contributed by atoms with Crippen molar-refractivity contribution in [2.45, 2.75) is 71.1 Å². The molecule has 1 unspecified atom stereocenters. The van der Waals surface area contributed by atoms with E-state index in [0.717, 1.165) is 23.5 Å². The maximum absolute atomic E-state index is 5.26. The van der Waals surface area contributed by atoms with Crippen molar-refractivity contribution in [1.29, 1.82) is 0 Å². The molecule has 1 aromatic rings. The van der Waals surface area contributed by atoms with Gasteiger partial charge in [-0.25, -0.2) is 0 Å². The Bertz CT molecular complexity index is 587. The largest absolute Gasteiger partial charge is 0.497 e. The van der Waals surface area contributed by atoms with Gasteiger partial charge in [0.15, 0.2) is 0 Å². The van der Waals surface area contributed by atoms with E-state index in [2.05, 4.69) is 49.4 Å². The van der Waals surface area contributed by atoms with Crippen molar-refractivity contribution in [2.75, 3.05) is 7.11 Å². The van der Waals surface area contributed by atoms with Crippen LogP contribution in [-0.2, 0) is 0 Å². The summed E-state index contributed by atoms with van der Waals surface area (Å²) in [5.41, 5.74) is 2.67. The number of hydrogen-bond acceptors (Lipinski definition) is 1. The Morgan fingerprint density at radius 2 is 1.73 bits per heavy atom. The summed E-state index contributed by atoms with van der Waals surface area (Å²) in [7, 11) is 1.72. The summed E-state index contributed by atoms with van der Waals surface area (Å²) in [6, 6.07) is 8.44. The van der Waals surface area contributed by atoms with Gasteiger partial charge in [0, 0.05) is 0 Å². The lowest BCUT2D eigenvalue weighted by atomic mass is 9.72. The van der Waals surface area contributed by atoms with Crippen LogP contribution in [0.4, 0.5) is 0 Å². The molecule has 1 heteroatoms. The lowest BCUT2D eigenvalue weighted by Crippen LogP contribution is -2.21. The number of ether oxygens (including phenoxy) is 1. The summed E-state index contributed by atoms with van der Waals surface area (Å²) >= 11 is 0. The topological polar surface area (TPSA) is 9.23 Å². The summed E-state index contributed by atoms with van der Waals surface area (Å²) in [4.78, 5) is 0. The SMILES string of the molecule is CCCCCC[C@H]1CC[C@H](C2C=CC(c3ccc(OC)cc3)=CC2)CC1. The third kappa shape index (κ3) is 5.25. The van der Waals surface area contributed by atoms with E-state index < -0.39 is 0 Å². The molecule has 1 nitrogen and oxygen atoms in total. The quantitative estimate of drug-likeness (QED) is 0.442. The van der Waals surface area contributed by atoms with Crippen molar-refractivity contribution in [1.82, 2.24) is 0 Å².